The van der Waals surface area contributed by atoms with Crippen LogP contribution in [0.3, 0.4) is 0 Å². The van der Waals surface area contributed by atoms with E-state index in [1.165, 1.54) is 12.1 Å². The number of nitrogen functional groups attached to an aromatic ring is 1. The molecule has 3 nitrogen and oxygen atoms in total. The largest absolute Gasteiger partial charge is 0.437 e. The summed E-state index contributed by atoms with van der Waals surface area (Å²) in [6.45, 7) is 0. The van der Waals surface area contributed by atoms with Gasteiger partial charge in [-0.15, -0.1) is 0 Å². The number of ether oxygens (including phenoxy) is 1. The van der Waals surface area contributed by atoms with Gasteiger partial charge in [-0.05, 0) is 24.3 Å². The predicted molar refractivity (Wildman–Crippen MR) is 67.8 cm³/mol. The van der Waals surface area contributed by atoms with Crippen molar-refractivity contribution in [2.75, 3.05) is 5.73 Å². The molecule has 88 valence electrons. The third kappa shape index (κ3) is 3.08. The molecule has 0 bridgehead atoms. The number of aromatic nitrogens is 1. The molecule has 0 aliphatic carbocycles. The minimum Gasteiger partial charge on any atom is -0.437 e. The second-order valence-electron chi connectivity index (χ2n) is 3.24. The number of nitrogens with zero attached hydrogens (tertiary/aromatic N) is 1. The molecule has 2 aromatic rings. The molecule has 17 heavy (non-hydrogen) atoms. The number of hydrogen-bond acceptors (Lipinski definition) is 3. The molecule has 0 saturated heterocycles. The number of anilines is 1. The first-order valence-corrected chi connectivity index (χ1v) is 5.77. The van der Waals surface area contributed by atoms with E-state index in [-0.39, 0.29) is 11.0 Å². The van der Waals surface area contributed by atoms with Crippen molar-refractivity contribution in [3.63, 3.8) is 0 Å². The fourth-order valence-corrected chi connectivity index (χ4v) is 1.79. The lowest BCUT2D eigenvalue weighted by Crippen LogP contribution is -1.95. The quantitative estimate of drug-likeness (QED) is 0.851. The lowest BCUT2D eigenvalue weighted by molar-refractivity contribution is 0.460. The summed E-state index contributed by atoms with van der Waals surface area (Å²) in [5.41, 5.74) is 5.99. The molecule has 0 atom stereocenters. The van der Waals surface area contributed by atoms with Gasteiger partial charge < -0.3 is 10.5 Å². The van der Waals surface area contributed by atoms with Crippen LogP contribution in [-0.2, 0) is 0 Å². The van der Waals surface area contributed by atoms with E-state index in [4.69, 9.17) is 22.1 Å². The van der Waals surface area contributed by atoms with Crippen molar-refractivity contribution in [2.45, 2.75) is 0 Å². The van der Waals surface area contributed by atoms with Crippen LogP contribution in [0.4, 0.5) is 10.1 Å². The fraction of sp³-hybridized carbons (Fsp3) is 0. The molecule has 0 saturated carbocycles. The summed E-state index contributed by atoms with van der Waals surface area (Å²) < 4.78 is 19.0. The molecule has 0 radical (unpaired) electrons. The van der Waals surface area contributed by atoms with Crippen molar-refractivity contribution < 1.29 is 9.13 Å². The van der Waals surface area contributed by atoms with Crippen molar-refractivity contribution in [3.05, 3.63) is 45.8 Å². The van der Waals surface area contributed by atoms with Gasteiger partial charge >= 0.3 is 0 Å². The van der Waals surface area contributed by atoms with E-state index < -0.39 is 5.82 Å². The summed E-state index contributed by atoms with van der Waals surface area (Å²) in [6.07, 6.45) is 0. The standard InChI is InChI=1S/C11H7BrClFN2O/c12-6-3-7(14)5-8(4-6)17-11-9(15)1-2-10(13)16-11/h1-5H,15H2. The molecule has 0 spiro atoms. The van der Waals surface area contributed by atoms with Gasteiger partial charge in [-0.25, -0.2) is 4.39 Å². The van der Waals surface area contributed by atoms with Crippen LogP contribution in [0.2, 0.25) is 5.15 Å². The lowest BCUT2D eigenvalue weighted by atomic mass is 10.3. The summed E-state index contributed by atoms with van der Waals surface area (Å²) >= 11 is 8.88. The molecular weight excluding hydrogens is 310 g/mol. The molecule has 0 amide bonds. The van der Waals surface area contributed by atoms with E-state index in [0.29, 0.717) is 15.9 Å². The van der Waals surface area contributed by atoms with Gasteiger partial charge in [0.05, 0.1) is 5.69 Å². The number of rotatable bonds is 2. The maximum Gasteiger partial charge on any atom is 0.244 e. The van der Waals surface area contributed by atoms with Crippen molar-refractivity contribution in [3.8, 4) is 11.6 Å². The van der Waals surface area contributed by atoms with Gasteiger partial charge in [0.15, 0.2) is 0 Å². The average molecular weight is 318 g/mol. The highest BCUT2D eigenvalue weighted by Gasteiger charge is 2.07. The van der Waals surface area contributed by atoms with Gasteiger partial charge in [0.1, 0.15) is 16.7 Å². The van der Waals surface area contributed by atoms with Crippen LogP contribution in [0.25, 0.3) is 0 Å². The molecule has 6 heteroatoms. The van der Waals surface area contributed by atoms with Crippen LogP contribution in [-0.4, -0.2) is 4.98 Å². The smallest absolute Gasteiger partial charge is 0.244 e. The average Bonchev–Trinajstić information content (AvgIpc) is 2.22. The first-order valence-electron chi connectivity index (χ1n) is 4.60. The molecule has 1 aromatic carbocycles. The van der Waals surface area contributed by atoms with E-state index >= 15 is 0 Å². The Morgan fingerprint density at radius 2 is 2.06 bits per heavy atom. The molecule has 2 N–H and O–H groups in total. The zero-order valence-electron chi connectivity index (χ0n) is 8.45. The Morgan fingerprint density at radius 1 is 1.29 bits per heavy atom. The zero-order valence-corrected chi connectivity index (χ0v) is 10.8. The number of halogens is 3. The Kier molecular flexibility index (Phi) is 3.49. The topological polar surface area (TPSA) is 48.1 Å². The van der Waals surface area contributed by atoms with E-state index in [1.54, 1.807) is 18.2 Å². The van der Waals surface area contributed by atoms with Gasteiger partial charge in [-0.2, -0.15) is 4.98 Å². The normalized spacial score (nSPS) is 10.3. The second kappa shape index (κ2) is 4.89. The highest BCUT2D eigenvalue weighted by atomic mass is 79.9. The predicted octanol–water partition coefficient (Wildman–Crippen LogP) is 4.01. The Hall–Kier alpha value is -1.33. The summed E-state index contributed by atoms with van der Waals surface area (Å²) in [5, 5.41) is 0.254. The van der Waals surface area contributed by atoms with Crippen LogP contribution in [0, 0.1) is 5.82 Å². The van der Waals surface area contributed by atoms with Crippen LogP contribution >= 0.6 is 27.5 Å². The van der Waals surface area contributed by atoms with Crippen molar-refractivity contribution in [1.82, 2.24) is 4.98 Å². The molecule has 1 heterocycles. The van der Waals surface area contributed by atoms with Gasteiger partial charge in [0, 0.05) is 10.5 Å². The molecular formula is C11H7BrClFN2O. The van der Waals surface area contributed by atoms with Gasteiger partial charge in [0.2, 0.25) is 5.88 Å². The maximum atomic E-state index is 13.1. The lowest BCUT2D eigenvalue weighted by Gasteiger charge is -2.07. The minimum atomic E-state index is -0.421. The van der Waals surface area contributed by atoms with Crippen molar-refractivity contribution in [2.24, 2.45) is 0 Å². The second-order valence-corrected chi connectivity index (χ2v) is 4.54. The SMILES string of the molecule is Nc1ccc(Cl)nc1Oc1cc(F)cc(Br)c1. The molecule has 0 fully saturated rings. The minimum absolute atomic E-state index is 0.148. The summed E-state index contributed by atoms with van der Waals surface area (Å²) in [4.78, 5) is 3.91. The first-order chi connectivity index (χ1) is 8.04. The number of pyridine rings is 1. The molecule has 1 aromatic heterocycles. The van der Waals surface area contributed by atoms with E-state index in [2.05, 4.69) is 20.9 Å². The van der Waals surface area contributed by atoms with Crippen molar-refractivity contribution in [1.29, 1.82) is 0 Å². The molecule has 2 rings (SSSR count). The summed E-state index contributed by atoms with van der Waals surface area (Å²) in [6, 6.07) is 7.27. The summed E-state index contributed by atoms with van der Waals surface area (Å²) in [5.74, 6) is 0.0170. The van der Waals surface area contributed by atoms with Crippen molar-refractivity contribution >= 4 is 33.2 Å². The third-order valence-corrected chi connectivity index (χ3v) is 2.57. The van der Waals surface area contributed by atoms with Crippen LogP contribution < -0.4 is 10.5 Å². The Morgan fingerprint density at radius 3 is 2.76 bits per heavy atom. The summed E-state index contributed by atoms with van der Waals surface area (Å²) in [7, 11) is 0. The number of nitrogens with two attached hydrogens (primary N) is 1. The first kappa shape index (κ1) is 12.1. The number of benzene rings is 1. The van der Waals surface area contributed by atoms with Crippen LogP contribution in [0.15, 0.2) is 34.8 Å². The van der Waals surface area contributed by atoms with E-state index in [0.717, 1.165) is 0 Å². The number of hydrogen-bond donors (Lipinski definition) is 1. The van der Waals surface area contributed by atoms with Gasteiger partial charge in [-0.1, -0.05) is 27.5 Å². The van der Waals surface area contributed by atoms with Gasteiger partial charge in [-0.3, -0.25) is 0 Å². The molecule has 0 aliphatic rings. The fourth-order valence-electron chi connectivity index (χ4n) is 1.21. The molecule has 0 aliphatic heterocycles. The van der Waals surface area contributed by atoms with Gasteiger partial charge in [0.25, 0.3) is 0 Å². The monoisotopic (exact) mass is 316 g/mol. The Bertz CT molecular complexity index is 545. The Labute approximate surface area is 110 Å². The van der Waals surface area contributed by atoms with Crippen LogP contribution in [0.5, 0.6) is 11.6 Å². The van der Waals surface area contributed by atoms with E-state index in [9.17, 15) is 4.39 Å². The zero-order chi connectivity index (χ0) is 12.4. The highest BCUT2D eigenvalue weighted by molar-refractivity contribution is 9.10. The van der Waals surface area contributed by atoms with E-state index in [1.807, 2.05) is 0 Å². The Balaban J connectivity index is 2.34. The highest BCUT2D eigenvalue weighted by Crippen LogP contribution is 2.29. The molecule has 0 unspecified atom stereocenters. The van der Waals surface area contributed by atoms with Crippen LogP contribution in [0.1, 0.15) is 0 Å². The third-order valence-electron chi connectivity index (χ3n) is 1.91. The maximum absolute atomic E-state index is 13.1.